The van der Waals surface area contributed by atoms with Crippen molar-refractivity contribution in [2.24, 2.45) is 5.92 Å². The monoisotopic (exact) mass is 185 g/mol. The average molecular weight is 185 g/mol. The molecule has 0 aromatic heterocycles. The first kappa shape index (κ1) is 11.0. The predicted molar refractivity (Wildman–Crippen MR) is 55.7 cm³/mol. The fourth-order valence-electron chi connectivity index (χ4n) is 2.41. The number of aliphatic hydroxyl groups is 1. The molecule has 0 heterocycles. The molecule has 78 valence electrons. The number of hydrogen-bond donors (Lipinski definition) is 1. The van der Waals surface area contributed by atoms with Crippen molar-refractivity contribution in [2.45, 2.75) is 51.7 Å². The molecule has 3 unspecified atom stereocenters. The van der Waals surface area contributed by atoms with E-state index in [1.807, 2.05) is 0 Å². The largest absolute Gasteiger partial charge is 0.393 e. The molecular weight excluding hydrogens is 162 g/mol. The molecule has 2 nitrogen and oxygen atoms in total. The van der Waals surface area contributed by atoms with Gasteiger partial charge in [-0.2, -0.15) is 0 Å². The number of nitrogens with zero attached hydrogens (tertiary/aromatic N) is 1. The Morgan fingerprint density at radius 3 is 2.69 bits per heavy atom. The molecule has 2 heteroatoms. The van der Waals surface area contributed by atoms with Crippen LogP contribution in [0.5, 0.6) is 0 Å². The standard InChI is InChI=1S/C11H23NO/c1-4-7-12(3)11-8-10(13)6-5-9(11)2/h9-11,13H,4-8H2,1-3H3. The maximum atomic E-state index is 9.59. The average Bonchev–Trinajstić information content (AvgIpc) is 2.09. The highest BCUT2D eigenvalue weighted by Crippen LogP contribution is 2.27. The molecule has 1 fully saturated rings. The van der Waals surface area contributed by atoms with Crippen LogP contribution in [0.1, 0.15) is 39.5 Å². The van der Waals surface area contributed by atoms with Gasteiger partial charge in [0.05, 0.1) is 6.10 Å². The number of rotatable bonds is 3. The minimum Gasteiger partial charge on any atom is -0.393 e. The Hall–Kier alpha value is -0.0800. The second-order valence-corrected chi connectivity index (χ2v) is 4.49. The van der Waals surface area contributed by atoms with Crippen molar-refractivity contribution in [3.63, 3.8) is 0 Å². The molecule has 1 aliphatic rings. The fraction of sp³-hybridized carbons (Fsp3) is 1.00. The van der Waals surface area contributed by atoms with E-state index in [4.69, 9.17) is 0 Å². The highest BCUT2D eigenvalue weighted by Gasteiger charge is 2.28. The van der Waals surface area contributed by atoms with Gasteiger partial charge >= 0.3 is 0 Å². The normalized spacial score (nSPS) is 35.3. The minimum atomic E-state index is -0.0551. The summed E-state index contributed by atoms with van der Waals surface area (Å²) < 4.78 is 0. The summed E-state index contributed by atoms with van der Waals surface area (Å²) in [5, 5.41) is 9.59. The molecule has 0 spiro atoms. The van der Waals surface area contributed by atoms with E-state index in [0.717, 1.165) is 25.3 Å². The van der Waals surface area contributed by atoms with E-state index in [2.05, 4.69) is 25.8 Å². The SMILES string of the molecule is CCCN(C)C1CC(O)CCC1C. The van der Waals surface area contributed by atoms with Crippen LogP contribution in [0, 0.1) is 5.92 Å². The van der Waals surface area contributed by atoms with E-state index < -0.39 is 0 Å². The van der Waals surface area contributed by atoms with Gasteiger partial charge in [-0.1, -0.05) is 13.8 Å². The van der Waals surface area contributed by atoms with Crippen LogP contribution in [0.25, 0.3) is 0 Å². The van der Waals surface area contributed by atoms with Gasteiger partial charge in [0.1, 0.15) is 0 Å². The van der Waals surface area contributed by atoms with Gasteiger partial charge in [0.15, 0.2) is 0 Å². The van der Waals surface area contributed by atoms with E-state index in [-0.39, 0.29) is 6.10 Å². The third-order valence-corrected chi connectivity index (χ3v) is 3.27. The van der Waals surface area contributed by atoms with Crippen LogP contribution in [0.2, 0.25) is 0 Å². The molecule has 1 N–H and O–H groups in total. The first-order valence-corrected chi connectivity index (χ1v) is 5.53. The molecule has 0 amide bonds. The molecule has 1 rings (SSSR count). The molecule has 1 saturated carbocycles. The Balaban J connectivity index is 2.44. The van der Waals surface area contributed by atoms with E-state index >= 15 is 0 Å². The third-order valence-electron chi connectivity index (χ3n) is 3.27. The lowest BCUT2D eigenvalue weighted by molar-refractivity contribution is 0.0435. The summed E-state index contributed by atoms with van der Waals surface area (Å²) in [7, 11) is 2.18. The lowest BCUT2D eigenvalue weighted by Gasteiger charge is -2.38. The van der Waals surface area contributed by atoms with E-state index in [9.17, 15) is 5.11 Å². The van der Waals surface area contributed by atoms with Gasteiger partial charge in [-0.3, -0.25) is 0 Å². The first-order valence-electron chi connectivity index (χ1n) is 5.53. The van der Waals surface area contributed by atoms with Crippen LogP contribution in [0.4, 0.5) is 0 Å². The van der Waals surface area contributed by atoms with Crippen molar-refractivity contribution >= 4 is 0 Å². The van der Waals surface area contributed by atoms with Crippen LogP contribution in [-0.2, 0) is 0 Å². The van der Waals surface area contributed by atoms with Crippen molar-refractivity contribution in [1.29, 1.82) is 0 Å². The highest BCUT2D eigenvalue weighted by molar-refractivity contribution is 4.83. The van der Waals surface area contributed by atoms with E-state index in [0.29, 0.717) is 6.04 Å². The zero-order valence-electron chi connectivity index (χ0n) is 9.16. The van der Waals surface area contributed by atoms with Gasteiger partial charge in [-0.15, -0.1) is 0 Å². The second kappa shape index (κ2) is 4.97. The van der Waals surface area contributed by atoms with E-state index in [1.165, 1.54) is 12.8 Å². The summed E-state index contributed by atoms with van der Waals surface area (Å²) >= 11 is 0. The predicted octanol–water partition coefficient (Wildman–Crippen LogP) is 1.88. The van der Waals surface area contributed by atoms with Crippen LogP contribution in [-0.4, -0.2) is 35.7 Å². The van der Waals surface area contributed by atoms with Gasteiger partial charge < -0.3 is 10.0 Å². The Labute approximate surface area is 81.9 Å². The number of hydrogen-bond acceptors (Lipinski definition) is 2. The zero-order valence-corrected chi connectivity index (χ0v) is 9.16. The van der Waals surface area contributed by atoms with Gasteiger partial charge in [0, 0.05) is 6.04 Å². The Bertz CT molecular complexity index is 149. The Morgan fingerprint density at radius 1 is 1.38 bits per heavy atom. The summed E-state index contributed by atoms with van der Waals surface area (Å²) in [6.07, 6.45) is 4.30. The van der Waals surface area contributed by atoms with Crippen LogP contribution < -0.4 is 0 Å². The first-order chi connectivity index (χ1) is 6.15. The Kier molecular flexibility index (Phi) is 4.20. The van der Waals surface area contributed by atoms with Crippen molar-refractivity contribution in [1.82, 2.24) is 4.90 Å². The molecule has 0 aromatic rings. The summed E-state index contributed by atoms with van der Waals surface area (Å²) in [6, 6.07) is 0.601. The van der Waals surface area contributed by atoms with Gasteiger partial charge in [-0.05, 0) is 45.2 Å². The molecule has 0 saturated heterocycles. The molecule has 0 bridgehead atoms. The van der Waals surface area contributed by atoms with Crippen molar-refractivity contribution in [3.05, 3.63) is 0 Å². The van der Waals surface area contributed by atoms with Crippen molar-refractivity contribution < 1.29 is 5.11 Å². The van der Waals surface area contributed by atoms with Gasteiger partial charge in [0.25, 0.3) is 0 Å². The minimum absolute atomic E-state index is 0.0551. The quantitative estimate of drug-likeness (QED) is 0.725. The lowest BCUT2D eigenvalue weighted by atomic mass is 9.83. The van der Waals surface area contributed by atoms with E-state index in [1.54, 1.807) is 0 Å². The van der Waals surface area contributed by atoms with Crippen LogP contribution in [0.3, 0.4) is 0 Å². The maximum Gasteiger partial charge on any atom is 0.0555 e. The molecular formula is C11H23NO. The smallest absolute Gasteiger partial charge is 0.0555 e. The maximum absolute atomic E-state index is 9.59. The lowest BCUT2D eigenvalue weighted by Crippen LogP contribution is -2.43. The molecule has 0 aromatic carbocycles. The Morgan fingerprint density at radius 2 is 2.08 bits per heavy atom. The van der Waals surface area contributed by atoms with Crippen molar-refractivity contribution in [3.8, 4) is 0 Å². The summed E-state index contributed by atoms with van der Waals surface area (Å²) in [5.74, 6) is 0.750. The second-order valence-electron chi connectivity index (χ2n) is 4.49. The molecule has 3 atom stereocenters. The van der Waals surface area contributed by atoms with Gasteiger partial charge in [-0.25, -0.2) is 0 Å². The summed E-state index contributed by atoms with van der Waals surface area (Å²) in [5.41, 5.74) is 0. The summed E-state index contributed by atoms with van der Waals surface area (Å²) in [6.45, 7) is 5.67. The summed E-state index contributed by atoms with van der Waals surface area (Å²) in [4.78, 5) is 2.41. The molecule has 0 aliphatic heterocycles. The molecule has 1 aliphatic carbocycles. The fourth-order valence-corrected chi connectivity index (χ4v) is 2.41. The topological polar surface area (TPSA) is 23.5 Å². The van der Waals surface area contributed by atoms with Crippen LogP contribution >= 0.6 is 0 Å². The van der Waals surface area contributed by atoms with Crippen molar-refractivity contribution in [2.75, 3.05) is 13.6 Å². The number of aliphatic hydroxyl groups excluding tert-OH is 1. The third kappa shape index (κ3) is 2.96. The molecule has 0 radical (unpaired) electrons. The van der Waals surface area contributed by atoms with Gasteiger partial charge in [0.2, 0.25) is 0 Å². The van der Waals surface area contributed by atoms with Crippen LogP contribution in [0.15, 0.2) is 0 Å². The zero-order chi connectivity index (χ0) is 9.84. The molecule has 13 heavy (non-hydrogen) atoms. The highest BCUT2D eigenvalue weighted by atomic mass is 16.3.